The standard InChI is InChI=1S/C16H27N3O/c1-13(2)17-10-14-4-5-15(18-11-14)12-19(3)16-6-8-20-9-7-16/h4-5,11,13,16-17H,6-10,12H2,1-3H3. The van der Waals surface area contributed by atoms with Gasteiger partial charge in [0.15, 0.2) is 0 Å². The van der Waals surface area contributed by atoms with Gasteiger partial charge in [-0.05, 0) is 31.5 Å². The Kier molecular flexibility index (Phi) is 5.95. The first-order valence-corrected chi connectivity index (χ1v) is 7.60. The molecule has 1 aliphatic heterocycles. The highest BCUT2D eigenvalue weighted by Gasteiger charge is 2.18. The third kappa shape index (κ3) is 4.85. The average Bonchev–Trinajstić information content (AvgIpc) is 2.47. The lowest BCUT2D eigenvalue weighted by Crippen LogP contribution is -2.36. The molecular formula is C16H27N3O. The molecule has 2 rings (SSSR count). The van der Waals surface area contributed by atoms with E-state index >= 15 is 0 Å². The molecule has 112 valence electrons. The van der Waals surface area contributed by atoms with Crippen molar-refractivity contribution in [2.75, 3.05) is 20.3 Å². The zero-order chi connectivity index (χ0) is 14.4. The molecule has 0 spiro atoms. The molecule has 1 saturated heterocycles. The van der Waals surface area contributed by atoms with Crippen LogP contribution in [0.2, 0.25) is 0 Å². The minimum Gasteiger partial charge on any atom is -0.381 e. The number of aromatic nitrogens is 1. The van der Waals surface area contributed by atoms with Gasteiger partial charge in [0, 0.05) is 44.6 Å². The Balaban J connectivity index is 1.83. The normalized spacial score (nSPS) is 17.1. The van der Waals surface area contributed by atoms with Gasteiger partial charge >= 0.3 is 0 Å². The molecule has 0 atom stereocenters. The van der Waals surface area contributed by atoms with E-state index in [1.54, 1.807) is 0 Å². The second-order valence-corrected chi connectivity index (χ2v) is 5.95. The Morgan fingerprint density at radius 2 is 2.10 bits per heavy atom. The van der Waals surface area contributed by atoms with E-state index in [1.807, 2.05) is 6.20 Å². The molecule has 1 aromatic heterocycles. The van der Waals surface area contributed by atoms with Crippen LogP contribution in [-0.4, -0.2) is 42.2 Å². The maximum absolute atomic E-state index is 5.41. The second-order valence-electron chi connectivity index (χ2n) is 5.95. The van der Waals surface area contributed by atoms with Crippen molar-refractivity contribution in [3.05, 3.63) is 29.6 Å². The molecule has 2 heterocycles. The number of pyridine rings is 1. The smallest absolute Gasteiger partial charge is 0.0544 e. The largest absolute Gasteiger partial charge is 0.381 e. The molecule has 0 unspecified atom stereocenters. The lowest BCUT2D eigenvalue weighted by Gasteiger charge is -2.30. The maximum Gasteiger partial charge on any atom is 0.0544 e. The molecule has 1 fully saturated rings. The Morgan fingerprint density at radius 1 is 1.35 bits per heavy atom. The fourth-order valence-corrected chi connectivity index (χ4v) is 2.49. The Labute approximate surface area is 122 Å². The molecule has 1 aromatic rings. The average molecular weight is 277 g/mol. The summed E-state index contributed by atoms with van der Waals surface area (Å²) >= 11 is 0. The molecule has 20 heavy (non-hydrogen) atoms. The second kappa shape index (κ2) is 7.72. The van der Waals surface area contributed by atoms with Gasteiger partial charge in [0.2, 0.25) is 0 Å². The van der Waals surface area contributed by atoms with E-state index in [2.05, 4.69) is 48.2 Å². The van der Waals surface area contributed by atoms with Gasteiger partial charge < -0.3 is 10.1 Å². The van der Waals surface area contributed by atoms with E-state index in [0.29, 0.717) is 12.1 Å². The monoisotopic (exact) mass is 277 g/mol. The molecular weight excluding hydrogens is 250 g/mol. The number of hydrogen-bond acceptors (Lipinski definition) is 4. The molecule has 0 saturated carbocycles. The summed E-state index contributed by atoms with van der Waals surface area (Å²) in [6.45, 7) is 7.91. The van der Waals surface area contributed by atoms with Crippen LogP contribution >= 0.6 is 0 Å². The van der Waals surface area contributed by atoms with Crippen molar-refractivity contribution < 1.29 is 4.74 Å². The molecule has 1 N–H and O–H groups in total. The summed E-state index contributed by atoms with van der Waals surface area (Å²) < 4.78 is 5.41. The predicted octanol–water partition coefficient (Wildman–Crippen LogP) is 2.19. The minimum absolute atomic E-state index is 0.509. The molecule has 0 aliphatic carbocycles. The maximum atomic E-state index is 5.41. The highest BCUT2D eigenvalue weighted by molar-refractivity contribution is 5.14. The van der Waals surface area contributed by atoms with Gasteiger partial charge in [0.1, 0.15) is 0 Å². The summed E-state index contributed by atoms with van der Waals surface area (Å²) in [4.78, 5) is 6.98. The van der Waals surface area contributed by atoms with E-state index in [1.165, 1.54) is 5.56 Å². The number of ether oxygens (including phenoxy) is 1. The van der Waals surface area contributed by atoms with Crippen molar-refractivity contribution in [3.63, 3.8) is 0 Å². The summed E-state index contributed by atoms with van der Waals surface area (Å²) in [5.41, 5.74) is 2.39. The van der Waals surface area contributed by atoms with E-state index < -0.39 is 0 Å². The van der Waals surface area contributed by atoms with Crippen LogP contribution < -0.4 is 5.32 Å². The summed E-state index contributed by atoms with van der Waals surface area (Å²) in [5.74, 6) is 0. The van der Waals surface area contributed by atoms with Gasteiger partial charge in [-0.15, -0.1) is 0 Å². The fourth-order valence-electron chi connectivity index (χ4n) is 2.49. The van der Waals surface area contributed by atoms with Gasteiger partial charge in [-0.3, -0.25) is 9.88 Å². The molecule has 0 amide bonds. The Bertz CT molecular complexity index is 385. The topological polar surface area (TPSA) is 37.4 Å². The molecule has 0 aromatic carbocycles. The fraction of sp³-hybridized carbons (Fsp3) is 0.688. The number of hydrogen-bond donors (Lipinski definition) is 1. The summed E-state index contributed by atoms with van der Waals surface area (Å²) in [6, 6.07) is 5.46. The third-order valence-corrected chi connectivity index (χ3v) is 3.83. The van der Waals surface area contributed by atoms with Gasteiger partial charge in [-0.1, -0.05) is 19.9 Å². The van der Waals surface area contributed by atoms with Crippen molar-refractivity contribution in [1.29, 1.82) is 0 Å². The predicted molar refractivity (Wildman–Crippen MR) is 81.5 cm³/mol. The Hall–Kier alpha value is -0.970. The highest BCUT2D eigenvalue weighted by Crippen LogP contribution is 2.15. The van der Waals surface area contributed by atoms with Gasteiger partial charge in [-0.2, -0.15) is 0 Å². The van der Waals surface area contributed by atoms with Crippen LogP contribution in [-0.2, 0) is 17.8 Å². The summed E-state index contributed by atoms with van der Waals surface area (Å²) in [5, 5.41) is 3.41. The molecule has 1 aliphatic rings. The first-order valence-electron chi connectivity index (χ1n) is 7.60. The molecule has 0 radical (unpaired) electrons. The van der Waals surface area contributed by atoms with Crippen LogP contribution in [0.3, 0.4) is 0 Å². The van der Waals surface area contributed by atoms with Crippen LogP contribution in [0.4, 0.5) is 0 Å². The van der Waals surface area contributed by atoms with Crippen molar-refractivity contribution >= 4 is 0 Å². The quantitative estimate of drug-likeness (QED) is 0.865. The van der Waals surface area contributed by atoms with Crippen LogP contribution in [0.15, 0.2) is 18.3 Å². The van der Waals surface area contributed by atoms with Crippen molar-refractivity contribution in [1.82, 2.24) is 15.2 Å². The first kappa shape index (κ1) is 15.4. The van der Waals surface area contributed by atoms with Crippen LogP contribution in [0.5, 0.6) is 0 Å². The van der Waals surface area contributed by atoms with E-state index in [4.69, 9.17) is 4.74 Å². The zero-order valence-corrected chi connectivity index (χ0v) is 12.9. The summed E-state index contributed by atoms with van der Waals surface area (Å²) in [7, 11) is 2.19. The van der Waals surface area contributed by atoms with Crippen LogP contribution in [0.25, 0.3) is 0 Å². The SMILES string of the molecule is CC(C)NCc1ccc(CN(C)C2CCOCC2)nc1. The van der Waals surface area contributed by atoms with Crippen LogP contribution in [0, 0.1) is 0 Å². The first-order chi connectivity index (χ1) is 9.65. The van der Waals surface area contributed by atoms with Crippen LogP contribution in [0.1, 0.15) is 37.9 Å². The van der Waals surface area contributed by atoms with Crippen molar-refractivity contribution in [2.45, 2.75) is 51.9 Å². The minimum atomic E-state index is 0.509. The van der Waals surface area contributed by atoms with Gasteiger partial charge in [0.25, 0.3) is 0 Å². The lowest BCUT2D eigenvalue weighted by molar-refractivity contribution is 0.0403. The number of rotatable bonds is 6. The molecule has 0 bridgehead atoms. The number of nitrogens with zero attached hydrogens (tertiary/aromatic N) is 2. The molecule has 4 nitrogen and oxygen atoms in total. The summed E-state index contributed by atoms with van der Waals surface area (Å²) in [6.07, 6.45) is 4.25. The lowest BCUT2D eigenvalue weighted by atomic mass is 10.1. The Morgan fingerprint density at radius 3 is 2.70 bits per heavy atom. The number of nitrogens with one attached hydrogen (secondary N) is 1. The van der Waals surface area contributed by atoms with Gasteiger partial charge in [0.05, 0.1) is 5.69 Å². The highest BCUT2D eigenvalue weighted by atomic mass is 16.5. The zero-order valence-electron chi connectivity index (χ0n) is 12.9. The van der Waals surface area contributed by atoms with Crippen molar-refractivity contribution in [3.8, 4) is 0 Å². The van der Waals surface area contributed by atoms with E-state index in [-0.39, 0.29) is 0 Å². The van der Waals surface area contributed by atoms with E-state index in [9.17, 15) is 0 Å². The third-order valence-electron chi connectivity index (χ3n) is 3.83. The van der Waals surface area contributed by atoms with Crippen molar-refractivity contribution in [2.24, 2.45) is 0 Å². The van der Waals surface area contributed by atoms with Gasteiger partial charge in [-0.25, -0.2) is 0 Å². The molecule has 4 heteroatoms. The van der Waals surface area contributed by atoms with E-state index in [0.717, 1.165) is 44.8 Å².